The lowest BCUT2D eigenvalue weighted by molar-refractivity contribution is -0.384. The molecule has 0 aliphatic carbocycles. The predicted molar refractivity (Wildman–Crippen MR) is 131 cm³/mol. The predicted octanol–water partition coefficient (Wildman–Crippen LogP) is 4.31. The summed E-state index contributed by atoms with van der Waals surface area (Å²) in [5.41, 5.74) is 0.878. The van der Waals surface area contributed by atoms with Crippen LogP contribution in [0.3, 0.4) is 0 Å². The van der Waals surface area contributed by atoms with Crippen LogP contribution in [-0.4, -0.2) is 40.5 Å². The Morgan fingerprint density at radius 3 is 2.49 bits per heavy atom. The fraction of sp³-hybridized carbons (Fsp3) is 0.217. The van der Waals surface area contributed by atoms with Gasteiger partial charge in [-0.25, -0.2) is 4.79 Å². The van der Waals surface area contributed by atoms with E-state index in [1.165, 1.54) is 23.5 Å². The first-order valence-corrected chi connectivity index (χ1v) is 12.2. The molecule has 0 saturated heterocycles. The van der Waals surface area contributed by atoms with Crippen molar-refractivity contribution in [2.45, 2.75) is 20.4 Å². The van der Waals surface area contributed by atoms with Crippen molar-refractivity contribution in [3.05, 3.63) is 67.8 Å². The second-order valence-electron chi connectivity index (χ2n) is 7.19. The quantitative estimate of drug-likeness (QED) is 0.204. The second kappa shape index (κ2) is 10.2. The third kappa shape index (κ3) is 5.12. The molecule has 35 heavy (non-hydrogen) atoms. The van der Waals surface area contributed by atoms with Gasteiger partial charge in [-0.05, 0) is 44.2 Å². The number of esters is 2. The maximum Gasteiger partial charge on any atom is 0.338 e. The molecule has 0 radical (unpaired) electrons. The van der Waals surface area contributed by atoms with Gasteiger partial charge in [0.25, 0.3) is 11.6 Å². The van der Waals surface area contributed by atoms with Crippen LogP contribution in [0.2, 0.25) is 0 Å². The van der Waals surface area contributed by atoms with Crippen LogP contribution < -0.4 is 4.80 Å². The lowest BCUT2D eigenvalue weighted by Gasteiger charge is -2.06. The van der Waals surface area contributed by atoms with Crippen LogP contribution in [0.25, 0.3) is 20.3 Å². The van der Waals surface area contributed by atoms with Crippen LogP contribution in [0.15, 0.2) is 47.5 Å². The van der Waals surface area contributed by atoms with Gasteiger partial charge in [0.15, 0.2) is 4.80 Å². The monoisotopic (exact) mass is 513 g/mol. The van der Waals surface area contributed by atoms with Crippen molar-refractivity contribution in [2.75, 3.05) is 13.2 Å². The number of hydrogen-bond donors (Lipinski definition) is 0. The molecular weight excluding hydrogens is 494 g/mol. The van der Waals surface area contributed by atoms with E-state index in [1.807, 2.05) is 0 Å². The maximum atomic E-state index is 13.0. The number of nitrogens with zero attached hydrogens (tertiary/aromatic N) is 3. The summed E-state index contributed by atoms with van der Waals surface area (Å²) in [6.45, 7) is 3.67. The van der Waals surface area contributed by atoms with Crippen molar-refractivity contribution >= 4 is 66.5 Å². The summed E-state index contributed by atoms with van der Waals surface area (Å²) >= 11 is 2.31. The Morgan fingerprint density at radius 2 is 1.77 bits per heavy atom. The molecule has 0 aliphatic heterocycles. The number of carbonyl (C=O) groups is 3. The van der Waals surface area contributed by atoms with Gasteiger partial charge in [0.05, 0.1) is 38.8 Å². The highest BCUT2D eigenvalue weighted by atomic mass is 32.1. The first kappa shape index (κ1) is 24.2. The Hall–Kier alpha value is -3.90. The summed E-state index contributed by atoms with van der Waals surface area (Å²) in [5, 5.41) is 11.6. The van der Waals surface area contributed by atoms with E-state index in [4.69, 9.17) is 9.47 Å². The van der Waals surface area contributed by atoms with E-state index in [9.17, 15) is 24.5 Å². The Bertz CT molecular complexity index is 1550. The van der Waals surface area contributed by atoms with Crippen molar-refractivity contribution in [2.24, 2.45) is 4.99 Å². The average molecular weight is 514 g/mol. The number of thiophene rings is 1. The summed E-state index contributed by atoms with van der Waals surface area (Å²) in [4.78, 5) is 52.7. The molecule has 0 atom stereocenters. The van der Waals surface area contributed by atoms with Gasteiger partial charge in [-0.2, -0.15) is 4.99 Å². The van der Waals surface area contributed by atoms with Crippen LogP contribution in [-0.2, 0) is 20.8 Å². The summed E-state index contributed by atoms with van der Waals surface area (Å²) in [6.07, 6.45) is 0. The zero-order valence-electron chi connectivity index (χ0n) is 18.7. The number of rotatable bonds is 7. The van der Waals surface area contributed by atoms with E-state index >= 15 is 0 Å². The number of non-ortho nitro benzene ring substituents is 1. The van der Waals surface area contributed by atoms with Gasteiger partial charge in [0.2, 0.25) is 0 Å². The van der Waals surface area contributed by atoms with E-state index in [0.29, 0.717) is 30.7 Å². The molecule has 0 unspecified atom stereocenters. The molecule has 0 aliphatic rings. The van der Waals surface area contributed by atoms with Gasteiger partial charge in [0.1, 0.15) is 6.54 Å². The molecule has 2 aromatic heterocycles. The molecule has 10 nitrogen and oxygen atoms in total. The van der Waals surface area contributed by atoms with Crippen molar-refractivity contribution in [3.8, 4) is 0 Å². The minimum absolute atomic E-state index is 0.0690. The molecule has 1 amide bonds. The van der Waals surface area contributed by atoms with Crippen LogP contribution >= 0.6 is 22.7 Å². The minimum atomic E-state index is -0.552. The van der Waals surface area contributed by atoms with Crippen LogP contribution in [0, 0.1) is 10.1 Å². The zero-order chi connectivity index (χ0) is 25.1. The highest BCUT2D eigenvalue weighted by Crippen LogP contribution is 2.29. The van der Waals surface area contributed by atoms with Crippen molar-refractivity contribution in [1.29, 1.82) is 0 Å². The fourth-order valence-corrected chi connectivity index (χ4v) is 5.37. The molecule has 180 valence electrons. The van der Waals surface area contributed by atoms with Gasteiger partial charge in [-0.1, -0.05) is 11.3 Å². The number of aromatic nitrogens is 1. The molecule has 4 aromatic rings. The first-order chi connectivity index (χ1) is 16.8. The summed E-state index contributed by atoms with van der Waals surface area (Å²) in [7, 11) is 0. The van der Waals surface area contributed by atoms with E-state index in [1.54, 1.807) is 48.7 Å². The van der Waals surface area contributed by atoms with Gasteiger partial charge in [0, 0.05) is 22.2 Å². The highest BCUT2D eigenvalue weighted by molar-refractivity contribution is 7.21. The molecule has 2 aromatic carbocycles. The number of amides is 1. The number of nitro groups is 1. The Balaban J connectivity index is 1.79. The maximum absolute atomic E-state index is 13.0. The lowest BCUT2D eigenvalue weighted by atomic mass is 10.2. The molecule has 0 N–H and O–H groups in total. The standard InChI is InChI=1S/C23H19N3O7S2/c1-3-32-20(27)12-25-16-7-5-13(22(29)33-4-2)10-18(16)35-23(25)24-21(28)19-11-14-9-15(26(30)31)6-8-17(14)34-19/h5-11H,3-4,12H2,1-2H3. The number of ether oxygens (including phenoxy) is 2. The van der Waals surface area contributed by atoms with Gasteiger partial charge in [-0.15, -0.1) is 11.3 Å². The first-order valence-electron chi connectivity index (χ1n) is 10.5. The van der Waals surface area contributed by atoms with E-state index in [0.717, 1.165) is 11.3 Å². The Kier molecular flexibility index (Phi) is 7.03. The number of benzene rings is 2. The van der Waals surface area contributed by atoms with E-state index < -0.39 is 22.8 Å². The normalized spacial score (nSPS) is 11.7. The molecule has 0 bridgehead atoms. The number of thiazole rings is 1. The molecule has 0 spiro atoms. The van der Waals surface area contributed by atoms with E-state index in [2.05, 4.69) is 4.99 Å². The topological polar surface area (TPSA) is 130 Å². The van der Waals surface area contributed by atoms with Crippen molar-refractivity contribution in [1.82, 2.24) is 4.57 Å². The molecule has 0 saturated carbocycles. The van der Waals surface area contributed by atoms with Crippen molar-refractivity contribution in [3.63, 3.8) is 0 Å². The molecule has 12 heteroatoms. The SMILES string of the molecule is CCOC(=O)Cn1c(=NC(=O)c2cc3cc([N+](=O)[O-])ccc3s2)sc2cc(C(=O)OCC)ccc21. The Labute approximate surface area is 206 Å². The Morgan fingerprint density at radius 1 is 1.00 bits per heavy atom. The zero-order valence-corrected chi connectivity index (χ0v) is 20.3. The number of carbonyl (C=O) groups excluding carboxylic acids is 3. The number of fused-ring (bicyclic) bond motifs is 2. The van der Waals surface area contributed by atoms with Crippen LogP contribution in [0.1, 0.15) is 33.9 Å². The lowest BCUT2D eigenvalue weighted by Crippen LogP contribution is -2.23. The summed E-state index contributed by atoms with van der Waals surface area (Å²) in [6, 6.07) is 10.8. The highest BCUT2D eigenvalue weighted by Gasteiger charge is 2.17. The van der Waals surface area contributed by atoms with Gasteiger partial charge >= 0.3 is 11.9 Å². The largest absolute Gasteiger partial charge is 0.465 e. The van der Waals surface area contributed by atoms with Crippen LogP contribution in [0.4, 0.5) is 5.69 Å². The van der Waals surface area contributed by atoms with E-state index in [-0.39, 0.29) is 30.2 Å². The summed E-state index contributed by atoms with van der Waals surface area (Å²) in [5.74, 6) is -1.53. The third-order valence-corrected chi connectivity index (χ3v) is 7.05. The molecule has 4 rings (SSSR count). The number of hydrogen-bond acceptors (Lipinski definition) is 9. The second-order valence-corrected chi connectivity index (χ2v) is 9.28. The molecular formula is C23H19N3O7S2. The molecule has 2 heterocycles. The van der Waals surface area contributed by atoms with Crippen LogP contribution in [0.5, 0.6) is 0 Å². The third-order valence-electron chi connectivity index (χ3n) is 4.91. The van der Waals surface area contributed by atoms with Crippen molar-refractivity contribution < 1.29 is 28.8 Å². The average Bonchev–Trinajstić information content (AvgIpc) is 3.40. The molecule has 0 fully saturated rings. The summed E-state index contributed by atoms with van der Waals surface area (Å²) < 4.78 is 13.0. The van der Waals surface area contributed by atoms with Gasteiger partial charge in [-0.3, -0.25) is 19.7 Å². The fourth-order valence-electron chi connectivity index (χ4n) is 3.38. The number of nitro benzene ring substituents is 1. The minimum Gasteiger partial charge on any atom is -0.465 e. The smallest absolute Gasteiger partial charge is 0.338 e. The van der Waals surface area contributed by atoms with Gasteiger partial charge < -0.3 is 14.0 Å².